The van der Waals surface area contributed by atoms with Crippen molar-refractivity contribution in [2.24, 2.45) is 0 Å². The highest BCUT2D eigenvalue weighted by molar-refractivity contribution is 9.10. The van der Waals surface area contributed by atoms with Crippen LogP contribution in [0.15, 0.2) is 27.6 Å². The van der Waals surface area contributed by atoms with Gasteiger partial charge in [-0.25, -0.2) is 0 Å². The van der Waals surface area contributed by atoms with E-state index in [0.717, 1.165) is 27.2 Å². The zero-order valence-corrected chi connectivity index (χ0v) is 10.4. The largest absolute Gasteiger partial charge is 0.399 e. The van der Waals surface area contributed by atoms with Gasteiger partial charge in [0.1, 0.15) is 0 Å². The van der Waals surface area contributed by atoms with Gasteiger partial charge in [0.2, 0.25) is 0 Å². The Morgan fingerprint density at radius 1 is 1.57 bits per heavy atom. The fourth-order valence-corrected chi connectivity index (χ4v) is 2.65. The van der Waals surface area contributed by atoms with Crippen molar-refractivity contribution >= 4 is 33.4 Å². The van der Waals surface area contributed by atoms with Crippen molar-refractivity contribution in [1.29, 1.82) is 0 Å². The summed E-state index contributed by atoms with van der Waals surface area (Å²) in [6.45, 7) is 1.98. The molecule has 2 nitrogen and oxygen atoms in total. The van der Waals surface area contributed by atoms with Gasteiger partial charge in [0.05, 0.1) is 6.10 Å². The fourth-order valence-electron chi connectivity index (χ4n) is 0.938. The predicted molar refractivity (Wildman–Crippen MR) is 65.6 cm³/mol. The third-order valence-electron chi connectivity index (χ3n) is 1.86. The van der Waals surface area contributed by atoms with E-state index >= 15 is 0 Å². The summed E-state index contributed by atoms with van der Waals surface area (Å²) in [6, 6.07) is 5.71. The average Bonchev–Trinajstić information content (AvgIpc) is 2.16. The minimum Gasteiger partial charge on any atom is -0.399 e. The Morgan fingerprint density at radius 3 is 2.86 bits per heavy atom. The number of benzene rings is 1. The number of hydrogen-bond donors (Lipinski definition) is 2. The SMILES string of the molecule is CCC(O)CSc1ccc(N)cc1Br. The van der Waals surface area contributed by atoms with Gasteiger partial charge in [-0.1, -0.05) is 6.92 Å². The number of nitrogen functional groups attached to an aromatic ring is 1. The minimum atomic E-state index is -0.232. The molecule has 1 aromatic carbocycles. The Bertz CT molecular complexity index is 306. The molecule has 14 heavy (non-hydrogen) atoms. The molecule has 0 spiro atoms. The molecule has 0 fully saturated rings. The third kappa shape index (κ3) is 3.52. The Kier molecular flexibility index (Phi) is 4.78. The second-order valence-electron chi connectivity index (χ2n) is 3.06. The maximum absolute atomic E-state index is 9.40. The first kappa shape index (κ1) is 11.9. The van der Waals surface area contributed by atoms with Crippen LogP contribution in [0.25, 0.3) is 0 Å². The van der Waals surface area contributed by atoms with Gasteiger partial charge in [0.25, 0.3) is 0 Å². The fraction of sp³-hybridized carbons (Fsp3) is 0.400. The van der Waals surface area contributed by atoms with Gasteiger partial charge < -0.3 is 10.8 Å². The summed E-state index contributed by atoms with van der Waals surface area (Å²) in [4.78, 5) is 1.12. The molecule has 0 amide bonds. The van der Waals surface area contributed by atoms with E-state index in [2.05, 4.69) is 15.9 Å². The van der Waals surface area contributed by atoms with Crippen LogP contribution in [0.3, 0.4) is 0 Å². The molecule has 0 radical (unpaired) electrons. The Labute approximate surface area is 97.0 Å². The summed E-state index contributed by atoms with van der Waals surface area (Å²) >= 11 is 5.07. The molecule has 1 unspecified atom stereocenters. The van der Waals surface area contributed by atoms with Crippen LogP contribution in [0.5, 0.6) is 0 Å². The van der Waals surface area contributed by atoms with E-state index < -0.39 is 0 Å². The van der Waals surface area contributed by atoms with Crippen LogP contribution < -0.4 is 5.73 Å². The number of aliphatic hydroxyl groups is 1. The van der Waals surface area contributed by atoms with Gasteiger partial charge in [-0.2, -0.15) is 0 Å². The summed E-state index contributed by atoms with van der Waals surface area (Å²) < 4.78 is 0.991. The van der Waals surface area contributed by atoms with Crippen LogP contribution in [-0.2, 0) is 0 Å². The lowest BCUT2D eigenvalue weighted by Gasteiger charge is -2.08. The lowest BCUT2D eigenvalue weighted by Crippen LogP contribution is -2.07. The molecule has 0 heterocycles. The molecule has 0 aliphatic heterocycles. The molecule has 0 saturated heterocycles. The normalized spacial score (nSPS) is 12.8. The number of nitrogens with two attached hydrogens (primary N) is 1. The lowest BCUT2D eigenvalue weighted by molar-refractivity contribution is 0.195. The van der Waals surface area contributed by atoms with Crippen molar-refractivity contribution in [1.82, 2.24) is 0 Å². The minimum absolute atomic E-state index is 0.232. The van der Waals surface area contributed by atoms with Crippen LogP contribution in [-0.4, -0.2) is 17.0 Å². The number of anilines is 1. The molecule has 0 saturated carbocycles. The molecule has 0 aromatic heterocycles. The first-order valence-corrected chi connectivity index (χ1v) is 6.27. The van der Waals surface area contributed by atoms with Crippen LogP contribution in [0, 0.1) is 0 Å². The van der Waals surface area contributed by atoms with Crippen molar-refractivity contribution in [2.45, 2.75) is 24.3 Å². The summed E-state index contributed by atoms with van der Waals surface area (Å²) in [5.74, 6) is 0.721. The van der Waals surface area contributed by atoms with Crippen molar-refractivity contribution in [2.75, 3.05) is 11.5 Å². The van der Waals surface area contributed by atoms with Crippen molar-refractivity contribution in [3.63, 3.8) is 0 Å². The highest BCUT2D eigenvalue weighted by Gasteiger charge is 2.05. The summed E-state index contributed by atoms with van der Waals surface area (Å²) in [5.41, 5.74) is 6.37. The van der Waals surface area contributed by atoms with E-state index in [1.54, 1.807) is 11.8 Å². The van der Waals surface area contributed by atoms with Crippen molar-refractivity contribution < 1.29 is 5.11 Å². The quantitative estimate of drug-likeness (QED) is 0.656. The Morgan fingerprint density at radius 2 is 2.29 bits per heavy atom. The monoisotopic (exact) mass is 275 g/mol. The average molecular weight is 276 g/mol. The summed E-state index contributed by atoms with van der Waals surface area (Å²) in [5, 5.41) is 9.40. The zero-order chi connectivity index (χ0) is 10.6. The molecule has 0 aliphatic rings. The molecule has 1 atom stereocenters. The predicted octanol–water partition coefficient (Wildman–Crippen LogP) is 2.89. The number of hydrogen-bond acceptors (Lipinski definition) is 3. The van der Waals surface area contributed by atoms with Gasteiger partial charge in [0.15, 0.2) is 0 Å². The summed E-state index contributed by atoms with van der Waals surface area (Å²) in [7, 11) is 0. The molecule has 3 N–H and O–H groups in total. The highest BCUT2D eigenvalue weighted by Crippen LogP contribution is 2.29. The number of rotatable bonds is 4. The van der Waals surface area contributed by atoms with Gasteiger partial charge in [-0.05, 0) is 40.5 Å². The topological polar surface area (TPSA) is 46.2 Å². The number of halogens is 1. The second kappa shape index (κ2) is 5.63. The highest BCUT2D eigenvalue weighted by atomic mass is 79.9. The molecule has 78 valence electrons. The first-order chi connectivity index (χ1) is 6.63. The van der Waals surface area contributed by atoms with Crippen LogP contribution in [0.2, 0.25) is 0 Å². The third-order valence-corrected chi connectivity index (χ3v) is 4.00. The first-order valence-electron chi connectivity index (χ1n) is 4.49. The molecular formula is C10H14BrNOS. The van der Waals surface area contributed by atoms with Gasteiger partial charge >= 0.3 is 0 Å². The second-order valence-corrected chi connectivity index (χ2v) is 4.98. The molecule has 1 aromatic rings. The van der Waals surface area contributed by atoms with Crippen molar-refractivity contribution in [3.05, 3.63) is 22.7 Å². The van der Waals surface area contributed by atoms with Crippen LogP contribution >= 0.6 is 27.7 Å². The molecule has 1 rings (SSSR count). The van der Waals surface area contributed by atoms with E-state index in [-0.39, 0.29) is 6.10 Å². The summed E-state index contributed by atoms with van der Waals surface area (Å²) in [6.07, 6.45) is 0.559. The smallest absolute Gasteiger partial charge is 0.0631 e. The molecule has 4 heteroatoms. The van der Waals surface area contributed by atoms with Gasteiger partial charge in [-0.15, -0.1) is 11.8 Å². The standard InChI is InChI=1S/C10H14BrNOS/c1-2-8(13)6-14-10-4-3-7(12)5-9(10)11/h3-5,8,13H,2,6,12H2,1H3. The Balaban J connectivity index is 2.59. The zero-order valence-electron chi connectivity index (χ0n) is 8.03. The Hall–Kier alpha value is -0.190. The van der Waals surface area contributed by atoms with E-state index in [0.29, 0.717) is 0 Å². The maximum Gasteiger partial charge on any atom is 0.0631 e. The molecule has 0 bridgehead atoms. The number of thioether (sulfide) groups is 1. The van der Waals surface area contributed by atoms with E-state index in [4.69, 9.17) is 5.73 Å². The molecular weight excluding hydrogens is 262 g/mol. The van der Waals surface area contributed by atoms with E-state index in [1.807, 2.05) is 25.1 Å². The van der Waals surface area contributed by atoms with Crippen LogP contribution in [0.1, 0.15) is 13.3 Å². The van der Waals surface area contributed by atoms with Crippen LogP contribution in [0.4, 0.5) is 5.69 Å². The number of aliphatic hydroxyl groups excluding tert-OH is 1. The maximum atomic E-state index is 9.40. The van der Waals surface area contributed by atoms with Crippen molar-refractivity contribution in [3.8, 4) is 0 Å². The molecule has 0 aliphatic carbocycles. The van der Waals surface area contributed by atoms with E-state index in [1.165, 1.54) is 0 Å². The van der Waals surface area contributed by atoms with Gasteiger partial charge in [0, 0.05) is 20.8 Å². The van der Waals surface area contributed by atoms with Gasteiger partial charge in [-0.3, -0.25) is 0 Å². The lowest BCUT2D eigenvalue weighted by atomic mass is 10.3. The van der Waals surface area contributed by atoms with E-state index in [9.17, 15) is 5.11 Å².